The molecule has 1 atom stereocenters. The summed E-state index contributed by atoms with van der Waals surface area (Å²) in [6.07, 6.45) is 1.13. The molecule has 1 aliphatic rings. The second kappa shape index (κ2) is 6.80. The van der Waals surface area contributed by atoms with Crippen LogP contribution in [-0.4, -0.2) is 39.3 Å². The third-order valence-electron chi connectivity index (χ3n) is 4.39. The van der Waals surface area contributed by atoms with Crippen LogP contribution >= 0.6 is 0 Å². The summed E-state index contributed by atoms with van der Waals surface area (Å²) in [6.45, 7) is 2.75. The fraction of sp³-hybridized carbons (Fsp3) is 0.278. The standard InChI is InChI=1S/C18H20N6/c1-3-7-16(8-4-1)23-12-11-15(14-23)19-13-18-20-21-22-24(18)17-9-5-2-6-10-17/h1-10,15,19H,11-14H2. The molecule has 2 aromatic carbocycles. The molecule has 0 radical (unpaired) electrons. The van der Waals surface area contributed by atoms with E-state index in [2.05, 4.69) is 56.1 Å². The first-order valence-electron chi connectivity index (χ1n) is 8.26. The molecule has 2 heterocycles. The van der Waals surface area contributed by atoms with Crippen molar-refractivity contribution in [2.75, 3.05) is 18.0 Å². The topological polar surface area (TPSA) is 58.9 Å². The van der Waals surface area contributed by atoms with E-state index in [9.17, 15) is 0 Å². The van der Waals surface area contributed by atoms with Crippen LogP contribution in [0.1, 0.15) is 12.2 Å². The molecule has 1 aromatic heterocycles. The molecular formula is C18H20N6. The Morgan fingerprint density at radius 2 is 1.67 bits per heavy atom. The van der Waals surface area contributed by atoms with Crippen molar-refractivity contribution in [1.29, 1.82) is 0 Å². The van der Waals surface area contributed by atoms with Crippen LogP contribution in [0, 0.1) is 0 Å². The monoisotopic (exact) mass is 320 g/mol. The predicted octanol–water partition coefficient (Wildman–Crippen LogP) is 2.03. The van der Waals surface area contributed by atoms with Crippen LogP contribution in [0.5, 0.6) is 0 Å². The summed E-state index contributed by atoms with van der Waals surface area (Å²) in [5.41, 5.74) is 2.27. The van der Waals surface area contributed by atoms with Crippen molar-refractivity contribution in [3.63, 3.8) is 0 Å². The normalized spacial score (nSPS) is 17.3. The molecule has 4 rings (SSSR count). The average molecular weight is 320 g/mol. The number of nitrogens with one attached hydrogen (secondary N) is 1. The number of anilines is 1. The Labute approximate surface area is 141 Å². The van der Waals surface area contributed by atoms with Crippen LogP contribution in [0.3, 0.4) is 0 Å². The molecule has 6 nitrogen and oxygen atoms in total. The lowest BCUT2D eigenvalue weighted by Crippen LogP contribution is -2.32. The minimum Gasteiger partial charge on any atom is -0.370 e. The number of tetrazole rings is 1. The minimum absolute atomic E-state index is 0.450. The minimum atomic E-state index is 0.450. The molecular weight excluding hydrogens is 300 g/mol. The summed E-state index contributed by atoms with van der Waals surface area (Å²) in [5, 5.41) is 15.7. The number of benzene rings is 2. The zero-order chi connectivity index (χ0) is 16.2. The van der Waals surface area contributed by atoms with Gasteiger partial charge in [-0.3, -0.25) is 0 Å². The highest BCUT2D eigenvalue weighted by molar-refractivity contribution is 5.47. The van der Waals surface area contributed by atoms with E-state index < -0.39 is 0 Å². The lowest BCUT2D eigenvalue weighted by molar-refractivity contribution is 0.532. The first-order valence-corrected chi connectivity index (χ1v) is 8.26. The smallest absolute Gasteiger partial charge is 0.170 e. The number of hydrogen-bond donors (Lipinski definition) is 1. The molecule has 1 unspecified atom stereocenters. The Bertz CT molecular complexity index is 770. The third-order valence-corrected chi connectivity index (χ3v) is 4.39. The van der Waals surface area contributed by atoms with Gasteiger partial charge in [0.1, 0.15) is 0 Å². The molecule has 0 amide bonds. The Morgan fingerprint density at radius 3 is 2.42 bits per heavy atom. The van der Waals surface area contributed by atoms with Gasteiger partial charge in [-0.05, 0) is 41.1 Å². The first-order chi connectivity index (χ1) is 11.9. The Kier molecular flexibility index (Phi) is 4.20. The molecule has 0 saturated carbocycles. The van der Waals surface area contributed by atoms with Gasteiger partial charge in [-0.15, -0.1) is 5.10 Å². The molecule has 0 spiro atoms. The highest BCUT2D eigenvalue weighted by atomic mass is 15.5. The van der Waals surface area contributed by atoms with Crippen molar-refractivity contribution in [3.05, 3.63) is 66.5 Å². The maximum Gasteiger partial charge on any atom is 0.170 e. The molecule has 6 heteroatoms. The van der Waals surface area contributed by atoms with Gasteiger partial charge in [-0.1, -0.05) is 36.4 Å². The van der Waals surface area contributed by atoms with E-state index >= 15 is 0 Å². The third kappa shape index (κ3) is 3.14. The van der Waals surface area contributed by atoms with Crippen LogP contribution in [0.4, 0.5) is 5.69 Å². The predicted molar refractivity (Wildman–Crippen MR) is 93.1 cm³/mol. The average Bonchev–Trinajstić information content (AvgIpc) is 3.31. The zero-order valence-electron chi connectivity index (χ0n) is 13.4. The lowest BCUT2D eigenvalue weighted by Gasteiger charge is -2.18. The van der Waals surface area contributed by atoms with Gasteiger partial charge in [0.15, 0.2) is 5.82 Å². The fourth-order valence-electron chi connectivity index (χ4n) is 3.12. The summed E-state index contributed by atoms with van der Waals surface area (Å²) in [5.74, 6) is 0.833. The second-order valence-electron chi connectivity index (χ2n) is 5.99. The molecule has 1 N–H and O–H groups in total. The van der Waals surface area contributed by atoms with E-state index in [1.54, 1.807) is 4.68 Å². The van der Waals surface area contributed by atoms with E-state index in [-0.39, 0.29) is 0 Å². The molecule has 3 aromatic rings. The quantitative estimate of drug-likeness (QED) is 0.779. The maximum atomic E-state index is 4.16. The van der Waals surface area contributed by atoms with Crippen LogP contribution < -0.4 is 10.2 Å². The summed E-state index contributed by atoms with van der Waals surface area (Å²) < 4.78 is 1.79. The zero-order valence-corrected chi connectivity index (χ0v) is 13.4. The van der Waals surface area contributed by atoms with Crippen molar-refractivity contribution in [3.8, 4) is 5.69 Å². The molecule has 24 heavy (non-hydrogen) atoms. The Morgan fingerprint density at radius 1 is 0.958 bits per heavy atom. The van der Waals surface area contributed by atoms with Gasteiger partial charge in [0, 0.05) is 24.8 Å². The molecule has 122 valence electrons. The van der Waals surface area contributed by atoms with Crippen LogP contribution in [0.2, 0.25) is 0 Å². The molecule has 1 saturated heterocycles. The Balaban J connectivity index is 1.38. The van der Waals surface area contributed by atoms with Crippen molar-refractivity contribution in [2.24, 2.45) is 0 Å². The Hall–Kier alpha value is -2.73. The van der Waals surface area contributed by atoms with E-state index in [4.69, 9.17) is 0 Å². The SMILES string of the molecule is c1ccc(N2CCC(NCc3nnnn3-c3ccccc3)C2)cc1. The molecule has 0 bridgehead atoms. The van der Waals surface area contributed by atoms with Gasteiger partial charge in [-0.2, -0.15) is 4.68 Å². The highest BCUT2D eigenvalue weighted by Crippen LogP contribution is 2.19. The first kappa shape index (κ1) is 14.8. The van der Waals surface area contributed by atoms with Gasteiger partial charge >= 0.3 is 0 Å². The van der Waals surface area contributed by atoms with Crippen molar-refractivity contribution in [1.82, 2.24) is 25.5 Å². The van der Waals surface area contributed by atoms with Crippen molar-refractivity contribution >= 4 is 5.69 Å². The van der Waals surface area contributed by atoms with E-state index in [0.717, 1.165) is 31.0 Å². The van der Waals surface area contributed by atoms with Crippen molar-refractivity contribution < 1.29 is 0 Å². The summed E-state index contributed by atoms with van der Waals surface area (Å²) >= 11 is 0. The number of nitrogens with zero attached hydrogens (tertiary/aromatic N) is 5. The van der Waals surface area contributed by atoms with Gasteiger partial charge in [0.2, 0.25) is 0 Å². The van der Waals surface area contributed by atoms with Gasteiger partial charge in [-0.25, -0.2) is 0 Å². The van der Waals surface area contributed by atoms with E-state index in [0.29, 0.717) is 12.6 Å². The van der Waals surface area contributed by atoms with Crippen molar-refractivity contribution in [2.45, 2.75) is 19.0 Å². The van der Waals surface area contributed by atoms with E-state index in [1.165, 1.54) is 5.69 Å². The highest BCUT2D eigenvalue weighted by Gasteiger charge is 2.22. The van der Waals surface area contributed by atoms with E-state index in [1.807, 2.05) is 30.3 Å². The van der Waals surface area contributed by atoms with Gasteiger partial charge < -0.3 is 10.2 Å². The lowest BCUT2D eigenvalue weighted by atomic mass is 10.2. The molecule has 1 aliphatic heterocycles. The largest absolute Gasteiger partial charge is 0.370 e. The number of aromatic nitrogens is 4. The second-order valence-corrected chi connectivity index (χ2v) is 5.99. The van der Waals surface area contributed by atoms with Crippen LogP contribution in [0.25, 0.3) is 5.69 Å². The summed E-state index contributed by atoms with van der Waals surface area (Å²) in [7, 11) is 0. The van der Waals surface area contributed by atoms with Crippen LogP contribution in [0.15, 0.2) is 60.7 Å². The van der Waals surface area contributed by atoms with Gasteiger partial charge in [0.05, 0.1) is 12.2 Å². The molecule has 1 fully saturated rings. The summed E-state index contributed by atoms with van der Waals surface area (Å²) in [6, 6.07) is 21.0. The fourth-order valence-corrected chi connectivity index (χ4v) is 3.12. The number of hydrogen-bond acceptors (Lipinski definition) is 5. The molecule has 0 aliphatic carbocycles. The van der Waals surface area contributed by atoms with Gasteiger partial charge in [0.25, 0.3) is 0 Å². The number of para-hydroxylation sites is 2. The van der Waals surface area contributed by atoms with Crippen LogP contribution in [-0.2, 0) is 6.54 Å². The number of rotatable bonds is 5. The summed E-state index contributed by atoms with van der Waals surface area (Å²) in [4.78, 5) is 2.41. The maximum absolute atomic E-state index is 4.16.